The Labute approximate surface area is 61.1 Å². The number of rotatable bonds is 0. The Hall–Kier alpha value is -1.78. The quantitative estimate of drug-likeness (QED) is 0.557. The summed E-state index contributed by atoms with van der Waals surface area (Å²) in [6.07, 6.45) is 1.57. The molecular formula is C6H4N4O. The van der Waals surface area contributed by atoms with Crippen LogP contribution >= 0.6 is 0 Å². The molecule has 2 heterocycles. The second kappa shape index (κ2) is 2.12. The van der Waals surface area contributed by atoms with E-state index in [0.717, 1.165) is 0 Å². The molecular weight excluding hydrogens is 144 g/mol. The summed E-state index contributed by atoms with van der Waals surface area (Å²) in [5.41, 5.74) is 0.486. The van der Waals surface area contributed by atoms with Gasteiger partial charge in [-0.1, -0.05) is 0 Å². The Morgan fingerprint density at radius 2 is 2.36 bits per heavy atom. The van der Waals surface area contributed by atoms with Crippen LogP contribution < -0.4 is 5.69 Å². The van der Waals surface area contributed by atoms with Crippen LogP contribution in [0, 0.1) is 0 Å². The lowest BCUT2D eigenvalue weighted by Crippen LogP contribution is -2.11. The van der Waals surface area contributed by atoms with Crippen molar-refractivity contribution in [1.82, 2.24) is 20.2 Å². The molecule has 0 spiro atoms. The van der Waals surface area contributed by atoms with Gasteiger partial charge in [-0.25, -0.2) is 14.9 Å². The van der Waals surface area contributed by atoms with Gasteiger partial charge in [-0.05, 0) is 12.1 Å². The van der Waals surface area contributed by atoms with Gasteiger partial charge in [0.1, 0.15) is 5.52 Å². The third kappa shape index (κ3) is 0.958. The molecule has 5 nitrogen and oxygen atoms in total. The van der Waals surface area contributed by atoms with E-state index in [4.69, 9.17) is 0 Å². The molecule has 0 atom stereocenters. The van der Waals surface area contributed by atoms with Gasteiger partial charge in [0.25, 0.3) is 0 Å². The summed E-state index contributed by atoms with van der Waals surface area (Å²) >= 11 is 0. The minimum absolute atomic E-state index is 0.372. The summed E-state index contributed by atoms with van der Waals surface area (Å²) in [5.74, 6) is 0. The van der Waals surface area contributed by atoms with Crippen LogP contribution in [0.1, 0.15) is 0 Å². The number of pyridine rings is 1. The van der Waals surface area contributed by atoms with Gasteiger partial charge >= 0.3 is 5.69 Å². The summed E-state index contributed by atoms with van der Waals surface area (Å²) in [6, 6.07) is 3.46. The molecule has 0 saturated carbocycles. The Morgan fingerprint density at radius 1 is 1.45 bits per heavy atom. The summed E-state index contributed by atoms with van der Waals surface area (Å²) in [7, 11) is 0. The molecule has 5 heteroatoms. The summed E-state index contributed by atoms with van der Waals surface area (Å²) in [4.78, 5) is 18.1. The predicted octanol–water partition coefficient (Wildman–Crippen LogP) is -0.287. The minimum Gasteiger partial charge on any atom is -0.244 e. The fraction of sp³-hybridized carbons (Fsp3) is 0. The molecule has 2 rings (SSSR count). The highest BCUT2D eigenvalue weighted by molar-refractivity contribution is 5.67. The number of H-pyrrole nitrogens is 1. The second-order valence-electron chi connectivity index (χ2n) is 1.99. The molecule has 0 aromatic carbocycles. The zero-order valence-corrected chi connectivity index (χ0v) is 5.48. The zero-order valence-electron chi connectivity index (χ0n) is 5.48. The molecule has 0 bridgehead atoms. The molecule has 0 radical (unpaired) electrons. The highest BCUT2D eigenvalue weighted by Gasteiger charge is 1.94. The number of aromatic nitrogens is 4. The standard InChI is InChI=1S/C6H4N4O/c11-6-8-5-4(9-10-6)2-1-3-7-5/h1-3H,(H,7,8,10,11). The van der Waals surface area contributed by atoms with E-state index in [2.05, 4.69) is 20.2 Å². The molecule has 11 heavy (non-hydrogen) atoms. The fourth-order valence-electron chi connectivity index (χ4n) is 0.791. The largest absolute Gasteiger partial charge is 0.363 e. The average Bonchev–Trinajstić information content (AvgIpc) is 2.04. The first-order valence-electron chi connectivity index (χ1n) is 3.04. The Kier molecular flexibility index (Phi) is 1.15. The van der Waals surface area contributed by atoms with Gasteiger partial charge in [0.2, 0.25) is 0 Å². The molecule has 0 unspecified atom stereocenters. The SMILES string of the molecule is O=c1nc2ncccc2n[nH]1. The zero-order chi connectivity index (χ0) is 7.68. The third-order valence-corrected chi connectivity index (χ3v) is 1.25. The molecule has 0 saturated heterocycles. The Bertz CT molecular complexity index is 436. The van der Waals surface area contributed by atoms with Crippen molar-refractivity contribution >= 4 is 11.2 Å². The van der Waals surface area contributed by atoms with E-state index < -0.39 is 5.69 Å². The topological polar surface area (TPSA) is 71.5 Å². The molecule has 0 amide bonds. The van der Waals surface area contributed by atoms with E-state index in [9.17, 15) is 4.79 Å². The van der Waals surface area contributed by atoms with Gasteiger partial charge in [-0.15, -0.1) is 0 Å². The average molecular weight is 148 g/mol. The smallest absolute Gasteiger partial charge is 0.244 e. The van der Waals surface area contributed by atoms with Gasteiger partial charge < -0.3 is 0 Å². The van der Waals surface area contributed by atoms with Gasteiger partial charge in [-0.2, -0.15) is 10.1 Å². The first kappa shape index (κ1) is 5.96. The molecule has 54 valence electrons. The Morgan fingerprint density at radius 3 is 3.27 bits per heavy atom. The van der Waals surface area contributed by atoms with Crippen LogP contribution in [0.2, 0.25) is 0 Å². The molecule has 1 N–H and O–H groups in total. The normalized spacial score (nSPS) is 10.2. The van der Waals surface area contributed by atoms with E-state index >= 15 is 0 Å². The molecule has 2 aromatic rings. The van der Waals surface area contributed by atoms with Crippen LogP contribution in [-0.4, -0.2) is 20.2 Å². The highest BCUT2D eigenvalue weighted by atomic mass is 16.1. The summed E-state index contributed by atoms with van der Waals surface area (Å²) in [6.45, 7) is 0. The first-order valence-corrected chi connectivity index (χ1v) is 3.04. The van der Waals surface area contributed by atoms with E-state index in [1.807, 2.05) is 0 Å². The fourth-order valence-corrected chi connectivity index (χ4v) is 0.791. The lowest BCUT2D eigenvalue weighted by atomic mass is 10.4. The van der Waals surface area contributed by atoms with Crippen LogP contribution in [0.4, 0.5) is 0 Å². The molecule has 0 aliphatic rings. The first-order chi connectivity index (χ1) is 5.36. The molecule has 0 fully saturated rings. The van der Waals surface area contributed by atoms with Crippen molar-refractivity contribution in [2.75, 3.05) is 0 Å². The van der Waals surface area contributed by atoms with Crippen molar-refractivity contribution < 1.29 is 0 Å². The molecule has 2 aromatic heterocycles. The number of aromatic amines is 1. The predicted molar refractivity (Wildman–Crippen MR) is 38.0 cm³/mol. The third-order valence-electron chi connectivity index (χ3n) is 1.25. The number of nitrogens with zero attached hydrogens (tertiary/aromatic N) is 3. The summed E-state index contributed by atoms with van der Waals surface area (Å²) in [5, 5.41) is 5.94. The van der Waals surface area contributed by atoms with Crippen molar-refractivity contribution in [3.63, 3.8) is 0 Å². The lowest BCUT2D eigenvalue weighted by Gasteiger charge is -1.89. The monoisotopic (exact) mass is 148 g/mol. The minimum atomic E-state index is -0.476. The van der Waals surface area contributed by atoms with E-state index in [0.29, 0.717) is 11.2 Å². The van der Waals surface area contributed by atoms with Crippen molar-refractivity contribution in [2.45, 2.75) is 0 Å². The molecule has 0 aliphatic carbocycles. The maximum absolute atomic E-state index is 10.6. The number of fused-ring (bicyclic) bond motifs is 1. The van der Waals surface area contributed by atoms with Crippen LogP contribution in [0.5, 0.6) is 0 Å². The van der Waals surface area contributed by atoms with Crippen molar-refractivity contribution in [3.8, 4) is 0 Å². The van der Waals surface area contributed by atoms with Gasteiger partial charge in [-0.3, -0.25) is 0 Å². The molecule has 0 aliphatic heterocycles. The van der Waals surface area contributed by atoms with Crippen LogP contribution in [0.15, 0.2) is 23.1 Å². The Balaban J connectivity index is 2.94. The van der Waals surface area contributed by atoms with Gasteiger partial charge in [0.15, 0.2) is 5.65 Å². The lowest BCUT2D eigenvalue weighted by molar-refractivity contribution is 0.951. The van der Waals surface area contributed by atoms with Crippen molar-refractivity contribution in [1.29, 1.82) is 0 Å². The van der Waals surface area contributed by atoms with Gasteiger partial charge in [0.05, 0.1) is 0 Å². The van der Waals surface area contributed by atoms with Crippen LogP contribution in [0.25, 0.3) is 11.2 Å². The number of hydrogen-bond donors (Lipinski definition) is 1. The van der Waals surface area contributed by atoms with Crippen molar-refractivity contribution in [3.05, 3.63) is 28.8 Å². The maximum Gasteiger partial charge on any atom is 0.363 e. The van der Waals surface area contributed by atoms with Crippen LogP contribution in [0.3, 0.4) is 0 Å². The van der Waals surface area contributed by atoms with E-state index in [1.54, 1.807) is 18.3 Å². The maximum atomic E-state index is 10.6. The number of nitrogens with one attached hydrogen (secondary N) is 1. The van der Waals surface area contributed by atoms with Crippen LogP contribution in [-0.2, 0) is 0 Å². The number of hydrogen-bond acceptors (Lipinski definition) is 4. The van der Waals surface area contributed by atoms with E-state index in [-0.39, 0.29) is 0 Å². The highest BCUT2D eigenvalue weighted by Crippen LogP contribution is 1.97. The van der Waals surface area contributed by atoms with Crippen molar-refractivity contribution in [2.24, 2.45) is 0 Å². The second-order valence-corrected chi connectivity index (χ2v) is 1.99. The van der Waals surface area contributed by atoms with Gasteiger partial charge in [0, 0.05) is 6.20 Å². The van der Waals surface area contributed by atoms with E-state index in [1.165, 1.54) is 0 Å². The summed E-state index contributed by atoms with van der Waals surface area (Å²) < 4.78 is 0.